The number of likely N-dealkylation sites (tertiary alicyclic amines) is 1. The number of piperazine rings is 1. The highest BCUT2D eigenvalue weighted by atomic mass is 19.4. The summed E-state index contributed by atoms with van der Waals surface area (Å²) in [5.41, 5.74) is -0.621. The lowest BCUT2D eigenvalue weighted by Gasteiger charge is -2.34. The number of alkyl halides is 3. The van der Waals surface area contributed by atoms with Crippen LogP contribution in [0.2, 0.25) is 0 Å². The fraction of sp³-hybridized carbons (Fsp3) is 0.407. The summed E-state index contributed by atoms with van der Waals surface area (Å²) in [7, 11) is 3.61. The van der Waals surface area contributed by atoms with Crippen molar-refractivity contribution in [2.24, 2.45) is 0 Å². The van der Waals surface area contributed by atoms with E-state index in [4.69, 9.17) is 4.74 Å². The van der Waals surface area contributed by atoms with Gasteiger partial charge in [0.2, 0.25) is 11.9 Å². The van der Waals surface area contributed by atoms with E-state index in [-0.39, 0.29) is 29.4 Å². The largest absolute Gasteiger partial charge is 0.494 e. The molecule has 40 heavy (non-hydrogen) atoms. The lowest BCUT2D eigenvalue weighted by Crippen LogP contribution is -2.44. The number of pyridine rings is 1. The van der Waals surface area contributed by atoms with Crippen molar-refractivity contribution in [2.45, 2.75) is 18.6 Å². The molecule has 212 valence electrons. The van der Waals surface area contributed by atoms with E-state index in [0.717, 1.165) is 38.1 Å². The molecule has 1 unspecified atom stereocenters. The average molecular weight is 558 g/mol. The Morgan fingerprint density at radius 1 is 1.18 bits per heavy atom. The first-order chi connectivity index (χ1) is 19.1. The molecule has 1 atom stereocenters. The highest BCUT2D eigenvalue weighted by Gasteiger charge is 2.36. The smallest absolute Gasteiger partial charge is 0.417 e. The van der Waals surface area contributed by atoms with Crippen LogP contribution >= 0.6 is 0 Å². The fourth-order valence-corrected chi connectivity index (χ4v) is 5.22. The van der Waals surface area contributed by atoms with E-state index in [9.17, 15) is 22.8 Å². The number of rotatable bonds is 6. The van der Waals surface area contributed by atoms with E-state index < -0.39 is 23.3 Å². The summed E-state index contributed by atoms with van der Waals surface area (Å²) in [6.07, 6.45) is -2.16. The standard InChI is InChI=1S/C27H30F3N7O3/c1-4-23(38)36-8-7-18(16-36)37-24(39)14-20(27(28,29)30)19-15-31-26(33-25(19)37)32-21-6-5-17(13-22(21)40-3)35-11-9-34(2)10-12-35/h4-6,13-15,18H,1,7-12,16H2,2-3H3,(H,31,32,33). The summed E-state index contributed by atoms with van der Waals surface area (Å²) in [5, 5.41) is 2.73. The molecule has 0 bridgehead atoms. The van der Waals surface area contributed by atoms with Crippen LogP contribution in [0.5, 0.6) is 5.75 Å². The van der Waals surface area contributed by atoms with Gasteiger partial charge in [0.05, 0.1) is 24.4 Å². The molecular weight excluding hydrogens is 527 g/mol. The van der Waals surface area contributed by atoms with E-state index in [2.05, 4.69) is 38.7 Å². The van der Waals surface area contributed by atoms with Crippen molar-refractivity contribution >= 4 is 34.3 Å². The monoisotopic (exact) mass is 557 g/mol. The second kappa shape index (κ2) is 10.8. The minimum atomic E-state index is -4.78. The minimum absolute atomic E-state index is 0.00245. The predicted molar refractivity (Wildman–Crippen MR) is 145 cm³/mol. The molecule has 0 saturated carbocycles. The average Bonchev–Trinajstić information content (AvgIpc) is 3.42. The number of carbonyl (C=O) groups excluding carboxylic acids is 1. The maximum atomic E-state index is 13.9. The quantitative estimate of drug-likeness (QED) is 0.462. The molecule has 5 rings (SSSR count). The van der Waals surface area contributed by atoms with E-state index >= 15 is 0 Å². The van der Waals surface area contributed by atoms with Gasteiger partial charge in [-0.1, -0.05) is 6.58 Å². The molecule has 2 saturated heterocycles. The molecule has 0 radical (unpaired) electrons. The van der Waals surface area contributed by atoms with Gasteiger partial charge in [0.15, 0.2) is 0 Å². The number of aromatic nitrogens is 3. The number of fused-ring (bicyclic) bond motifs is 1. The number of methoxy groups -OCH3 is 1. The Morgan fingerprint density at radius 2 is 1.93 bits per heavy atom. The molecule has 0 spiro atoms. The second-order valence-corrected chi connectivity index (χ2v) is 9.93. The Labute approximate surface area is 228 Å². The first-order valence-corrected chi connectivity index (χ1v) is 12.9. The van der Waals surface area contributed by atoms with Gasteiger partial charge in [0.1, 0.15) is 11.4 Å². The molecule has 13 heteroatoms. The molecule has 3 aromatic rings. The van der Waals surface area contributed by atoms with Gasteiger partial charge < -0.3 is 24.8 Å². The lowest BCUT2D eigenvalue weighted by molar-refractivity contribution is -0.136. The van der Waals surface area contributed by atoms with Gasteiger partial charge in [0, 0.05) is 68.7 Å². The van der Waals surface area contributed by atoms with Crippen LogP contribution in [0.4, 0.5) is 30.5 Å². The fourth-order valence-electron chi connectivity index (χ4n) is 5.22. The number of nitrogens with zero attached hydrogens (tertiary/aromatic N) is 6. The van der Waals surface area contributed by atoms with E-state index in [1.165, 1.54) is 22.7 Å². The topological polar surface area (TPSA) is 95.8 Å². The number of hydrogen-bond donors (Lipinski definition) is 1. The Bertz CT molecular complexity index is 1500. The van der Waals surface area contributed by atoms with Crippen LogP contribution in [0, 0.1) is 0 Å². The Balaban J connectivity index is 1.52. The zero-order chi connectivity index (χ0) is 28.6. The Morgan fingerprint density at radius 3 is 2.60 bits per heavy atom. The van der Waals surface area contributed by atoms with Crippen molar-refractivity contribution in [1.29, 1.82) is 0 Å². The van der Waals surface area contributed by atoms with Gasteiger partial charge in [-0.15, -0.1) is 0 Å². The summed E-state index contributed by atoms with van der Waals surface area (Å²) in [6.45, 7) is 7.60. The van der Waals surface area contributed by atoms with E-state index in [1.54, 1.807) is 6.07 Å². The Hall–Kier alpha value is -4.13. The summed E-state index contributed by atoms with van der Waals surface area (Å²) in [4.78, 5) is 39.7. The van der Waals surface area contributed by atoms with Crippen molar-refractivity contribution < 1.29 is 22.7 Å². The highest BCUT2D eigenvalue weighted by Crippen LogP contribution is 2.36. The van der Waals surface area contributed by atoms with Crippen molar-refractivity contribution in [1.82, 2.24) is 24.3 Å². The summed E-state index contributed by atoms with van der Waals surface area (Å²) in [5.74, 6) is 0.203. The third-order valence-corrected chi connectivity index (χ3v) is 7.41. The molecule has 10 nitrogen and oxygen atoms in total. The number of anilines is 3. The molecule has 1 aromatic carbocycles. The molecule has 1 N–H and O–H groups in total. The van der Waals surface area contributed by atoms with Crippen molar-refractivity contribution in [3.05, 3.63) is 59.0 Å². The van der Waals surface area contributed by atoms with E-state index in [1.807, 2.05) is 12.1 Å². The molecule has 4 heterocycles. The first kappa shape index (κ1) is 27.4. The molecule has 2 aliphatic rings. The molecule has 2 aliphatic heterocycles. The number of ether oxygens (including phenoxy) is 1. The summed E-state index contributed by atoms with van der Waals surface area (Å²) >= 11 is 0. The van der Waals surface area contributed by atoms with Crippen LogP contribution in [0.25, 0.3) is 11.0 Å². The van der Waals surface area contributed by atoms with Gasteiger partial charge in [-0.05, 0) is 31.7 Å². The van der Waals surface area contributed by atoms with Crippen LogP contribution < -0.4 is 20.5 Å². The third kappa shape index (κ3) is 5.33. The number of amides is 1. The van der Waals surface area contributed by atoms with Gasteiger partial charge >= 0.3 is 6.18 Å². The van der Waals surface area contributed by atoms with Gasteiger partial charge in [-0.25, -0.2) is 4.98 Å². The third-order valence-electron chi connectivity index (χ3n) is 7.41. The zero-order valence-electron chi connectivity index (χ0n) is 22.2. The van der Waals surface area contributed by atoms with Crippen molar-refractivity contribution in [3.8, 4) is 5.75 Å². The maximum absolute atomic E-state index is 13.9. The van der Waals surface area contributed by atoms with Gasteiger partial charge in [-0.3, -0.25) is 14.2 Å². The minimum Gasteiger partial charge on any atom is -0.494 e. The number of nitrogens with one attached hydrogen (secondary N) is 1. The lowest BCUT2D eigenvalue weighted by atomic mass is 10.1. The molecule has 2 aromatic heterocycles. The molecular formula is C27H30F3N7O3. The zero-order valence-corrected chi connectivity index (χ0v) is 22.2. The van der Waals surface area contributed by atoms with Crippen molar-refractivity contribution in [3.63, 3.8) is 0 Å². The first-order valence-electron chi connectivity index (χ1n) is 12.9. The summed E-state index contributed by atoms with van der Waals surface area (Å²) < 4.78 is 48.4. The normalized spacial score (nSPS) is 18.3. The van der Waals surface area contributed by atoms with Crippen LogP contribution in [-0.4, -0.2) is 83.7 Å². The SMILES string of the molecule is C=CC(=O)N1CCC(n2c(=O)cc(C(F)(F)F)c3cnc(Nc4ccc(N5CCN(C)CC5)cc4OC)nc32)C1. The van der Waals surface area contributed by atoms with Gasteiger partial charge in [-0.2, -0.15) is 18.2 Å². The van der Waals surface area contributed by atoms with Crippen LogP contribution in [-0.2, 0) is 11.0 Å². The van der Waals surface area contributed by atoms with Crippen LogP contribution in [0.3, 0.4) is 0 Å². The highest BCUT2D eigenvalue weighted by molar-refractivity contribution is 5.87. The maximum Gasteiger partial charge on any atom is 0.417 e. The number of benzene rings is 1. The van der Waals surface area contributed by atoms with Crippen molar-refractivity contribution in [2.75, 3.05) is 63.6 Å². The second-order valence-electron chi connectivity index (χ2n) is 9.93. The molecule has 0 aliphatic carbocycles. The number of hydrogen-bond acceptors (Lipinski definition) is 8. The summed E-state index contributed by atoms with van der Waals surface area (Å²) in [6, 6.07) is 5.63. The Kier molecular flexibility index (Phi) is 7.41. The van der Waals surface area contributed by atoms with Gasteiger partial charge in [0.25, 0.3) is 5.56 Å². The number of carbonyl (C=O) groups is 1. The van der Waals surface area contributed by atoms with E-state index in [0.29, 0.717) is 30.5 Å². The molecule has 2 fully saturated rings. The number of halogens is 3. The van der Waals surface area contributed by atoms with Crippen LogP contribution in [0.15, 0.2) is 47.9 Å². The van der Waals surface area contributed by atoms with Crippen LogP contribution in [0.1, 0.15) is 18.0 Å². The molecule has 1 amide bonds. The predicted octanol–water partition coefficient (Wildman–Crippen LogP) is 3.27. The number of likely N-dealkylation sites (N-methyl/N-ethyl adjacent to an activating group) is 1.